The third-order valence-corrected chi connectivity index (χ3v) is 8.40. The summed E-state index contributed by atoms with van der Waals surface area (Å²) < 4.78 is 11.8. The summed E-state index contributed by atoms with van der Waals surface area (Å²) in [5.41, 5.74) is 5.40. The van der Waals surface area contributed by atoms with E-state index < -0.39 is 30.1 Å². The Hall–Kier alpha value is -4.17. The number of carboxylic acids is 1. The number of fused-ring (bicyclic) bond motifs is 3. The summed E-state index contributed by atoms with van der Waals surface area (Å²) in [6, 6.07) is 24.5. The molecule has 5 rings (SSSR count). The van der Waals surface area contributed by atoms with Crippen LogP contribution in [-0.2, 0) is 25.7 Å². The van der Waals surface area contributed by atoms with Crippen LogP contribution in [0.5, 0.6) is 0 Å². The van der Waals surface area contributed by atoms with E-state index >= 15 is 0 Å². The number of carbonyl (C=O) groups excluding carboxylic acids is 2. The van der Waals surface area contributed by atoms with E-state index in [1.807, 2.05) is 54.6 Å². The molecule has 0 unspecified atom stereocenters. The summed E-state index contributed by atoms with van der Waals surface area (Å²) in [4.78, 5) is 38.2. The van der Waals surface area contributed by atoms with E-state index in [4.69, 9.17) is 9.47 Å². The molecule has 220 valence electrons. The van der Waals surface area contributed by atoms with Crippen molar-refractivity contribution in [3.05, 3.63) is 95.6 Å². The predicted octanol–water partition coefficient (Wildman–Crippen LogP) is 5.65. The van der Waals surface area contributed by atoms with Crippen LogP contribution in [0.4, 0.5) is 4.79 Å². The summed E-state index contributed by atoms with van der Waals surface area (Å²) in [6.45, 7) is 2.13. The van der Waals surface area contributed by atoms with Gasteiger partial charge >= 0.3 is 12.1 Å². The second-order valence-electron chi connectivity index (χ2n) is 11.2. The molecule has 0 heterocycles. The SMILES string of the molecule is C[C@H](OCc1ccccc1)[C@@H](NC(=O)OCC1c2ccccc2-c2ccccc21)C(=O)N[C@H]1CCCC[C@H]1CC(=O)O. The molecule has 1 fully saturated rings. The number of benzene rings is 3. The lowest BCUT2D eigenvalue weighted by atomic mass is 9.82. The van der Waals surface area contributed by atoms with Crippen molar-refractivity contribution < 1.29 is 29.0 Å². The van der Waals surface area contributed by atoms with Crippen molar-refractivity contribution in [1.29, 1.82) is 0 Å². The Morgan fingerprint density at radius 3 is 2.17 bits per heavy atom. The Morgan fingerprint density at radius 2 is 1.50 bits per heavy atom. The summed E-state index contributed by atoms with van der Waals surface area (Å²) in [5.74, 6) is -1.56. The van der Waals surface area contributed by atoms with Gasteiger partial charge in [-0.3, -0.25) is 9.59 Å². The topological polar surface area (TPSA) is 114 Å². The monoisotopic (exact) mass is 570 g/mol. The van der Waals surface area contributed by atoms with Gasteiger partial charge < -0.3 is 25.2 Å². The average molecular weight is 571 g/mol. The van der Waals surface area contributed by atoms with Crippen molar-refractivity contribution in [1.82, 2.24) is 10.6 Å². The first kappa shape index (κ1) is 29.3. The second-order valence-corrected chi connectivity index (χ2v) is 11.2. The molecule has 3 N–H and O–H groups in total. The van der Waals surface area contributed by atoms with Gasteiger partial charge in [-0.1, -0.05) is 91.7 Å². The van der Waals surface area contributed by atoms with Crippen LogP contribution in [0.1, 0.15) is 61.6 Å². The molecule has 0 radical (unpaired) electrons. The van der Waals surface area contributed by atoms with Crippen LogP contribution in [0.15, 0.2) is 78.9 Å². The molecule has 2 aliphatic rings. The zero-order valence-electron chi connectivity index (χ0n) is 23.8. The molecule has 3 aromatic carbocycles. The number of aliphatic carboxylic acids is 1. The maximum Gasteiger partial charge on any atom is 0.407 e. The van der Waals surface area contributed by atoms with Crippen molar-refractivity contribution in [3.63, 3.8) is 0 Å². The lowest BCUT2D eigenvalue weighted by Crippen LogP contribution is -2.56. The van der Waals surface area contributed by atoms with Crippen LogP contribution >= 0.6 is 0 Å². The smallest absolute Gasteiger partial charge is 0.407 e. The van der Waals surface area contributed by atoms with Gasteiger partial charge in [-0.2, -0.15) is 0 Å². The summed E-state index contributed by atoms with van der Waals surface area (Å²) >= 11 is 0. The van der Waals surface area contributed by atoms with Crippen molar-refractivity contribution in [2.75, 3.05) is 6.61 Å². The van der Waals surface area contributed by atoms with Crippen LogP contribution in [0.2, 0.25) is 0 Å². The average Bonchev–Trinajstić information content (AvgIpc) is 3.32. The fourth-order valence-electron chi connectivity index (χ4n) is 6.20. The van der Waals surface area contributed by atoms with E-state index in [-0.39, 0.29) is 37.5 Å². The molecule has 2 aliphatic carbocycles. The lowest BCUT2D eigenvalue weighted by Gasteiger charge is -2.33. The standard InChI is InChI=1S/C34H38N2O6/c1-22(41-20-23-11-3-2-4-12-23)32(33(39)35-30-18-10-5-13-24(30)19-31(37)38)36-34(40)42-21-29-27-16-8-6-14-25(27)26-15-7-9-17-28(26)29/h2-4,6-9,11-12,14-17,22,24,29-30,32H,5,10,13,18-21H2,1H3,(H,35,39)(H,36,40)(H,37,38)/t22-,24-,30-,32+/m0/s1. The van der Waals surface area contributed by atoms with E-state index in [0.29, 0.717) is 6.42 Å². The molecule has 42 heavy (non-hydrogen) atoms. The summed E-state index contributed by atoms with van der Waals surface area (Å²) in [5, 5.41) is 15.2. The van der Waals surface area contributed by atoms with Crippen molar-refractivity contribution in [3.8, 4) is 11.1 Å². The number of carboxylic acid groups (broad SMARTS) is 1. The Labute approximate surface area is 246 Å². The first-order chi connectivity index (χ1) is 20.4. The highest BCUT2D eigenvalue weighted by Crippen LogP contribution is 2.44. The molecule has 1 saturated carbocycles. The fraction of sp³-hybridized carbons (Fsp3) is 0.382. The normalized spacial score (nSPS) is 19.2. The first-order valence-corrected chi connectivity index (χ1v) is 14.7. The van der Waals surface area contributed by atoms with Crippen LogP contribution in [0, 0.1) is 5.92 Å². The molecule has 8 nitrogen and oxygen atoms in total. The Kier molecular flexibility index (Phi) is 9.54. The van der Waals surface area contributed by atoms with Gasteiger partial charge in [0.25, 0.3) is 0 Å². The number of ether oxygens (including phenoxy) is 2. The molecular weight excluding hydrogens is 532 g/mol. The number of hydrogen-bond acceptors (Lipinski definition) is 5. The molecule has 2 amide bonds. The van der Waals surface area contributed by atoms with E-state index in [1.165, 1.54) is 0 Å². The molecule has 0 spiro atoms. The van der Waals surface area contributed by atoms with E-state index in [1.54, 1.807) is 6.92 Å². The minimum Gasteiger partial charge on any atom is -0.481 e. The molecule has 0 aromatic heterocycles. The molecule has 3 aromatic rings. The van der Waals surface area contributed by atoms with Crippen LogP contribution < -0.4 is 10.6 Å². The number of alkyl carbamates (subject to hydrolysis) is 1. The highest BCUT2D eigenvalue weighted by molar-refractivity contribution is 5.86. The Bertz CT molecular complexity index is 1350. The predicted molar refractivity (Wildman–Crippen MR) is 159 cm³/mol. The Morgan fingerprint density at radius 1 is 0.881 bits per heavy atom. The van der Waals surface area contributed by atoms with Gasteiger partial charge in [0, 0.05) is 12.0 Å². The van der Waals surface area contributed by atoms with Crippen molar-refractivity contribution in [2.45, 2.75) is 69.7 Å². The largest absolute Gasteiger partial charge is 0.481 e. The van der Waals surface area contributed by atoms with Gasteiger partial charge in [-0.05, 0) is 53.5 Å². The molecular formula is C34H38N2O6. The lowest BCUT2D eigenvalue weighted by molar-refractivity contribution is -0.139. The quantitative estimate of drug-likeness (QED) is 0.275. The number of hydrogen-bond donors (Lipinski definition) is 3. The van der Waals surface area contributed by atoms with Crippen LogP contribution in [0.3, 0.4) is 0 Å². The highest BCUT2D eigenvalue weighted by Gasteiger charge is 2.35. The summed E-state index contributed by atoms with van der Waals surface area (Å²) in [6.07, 6.45) is 1.89. The molecule has 0 aliphatic heterocycles. The minimum atomic E-state index is -1.03. The Balaban J connectivity index is 1.27. The van der Waals surface area contributed by atoms with Crippen molar-refractivity contribution >= 4 is 18.0 Å². The third-order valence-electron chi connectivity index (χ3n) is 8.40. The number of amides is 2. The van der Waals surface area contributed by atoms with Crippen LogP contribution in [-0.4, -0.2) is 47.9 Å². The minimum absolute atomic E-state index is 0.00448. The van der Waals surface area contributed by atoms with Gasteiger partial charge in [0.05, 0.1) is 19.1 Å². The van der Waals surface area contributed by atoms with Gasteiger partial charge in [0.1, 0.15) is 12.6 Å². The van der Waals surface area contributed by atoms with E-state index in [2.05, 4.69) is 34.9 Å². The number of nitrogens with one attached hydrogen (secondary N) is 2. The molecule has 4 atom stereocenters. The first-order valence-electron chi connectivity index (χ1n) is 14.7. The molecule has 0 bridgehead atoms. The zero-order chi connectivity index (χ0) is 29.5. The highest BCUT2D eigenvalue weighted by atomic mass is 16.5. The van der Waals surface area contributed by atoms with E-state index in [0.717, 1.165) is 47.1 Å². The van der Waals surface area contributed by atoms with Crippen LogP contribution in [0.25, 0.3) is 11.1 Å². The maximum absolute atomic E-state index is 13.6. The van der Waals surface area contributed by atoms with Gasteiger partial charge in [0.15, 0.2) is 0 Å². The zero-order valence-corrected chi connectivity index (χ0v) is 23.8. The fourth-order valence-corrected chi connectivity index (χ4v) is 6.20. The van der Waals surface area contributed by atoms with Crippen molar-refractivity contribution in [2.24, 2.45) is 5.92 Å². The van der Waals surface area contributed by atoms with E-state index in [9.17, 15) is 19.5 Å². The maximum atomic E-state index is 13.6. The summed E-state index contributed by atoms with van der Waals surface area (Å²) in [7, 11) is 0. The second kappa shape index (κ2) is 13.7. The van der Waals surface area contributed by atoms with Gasteiger partial charge in [-0.25, -0.2) is 4.79 Å². The van der Waals surface area contributed by atoms with Gasteiger partial charge in [-0.15, -0.1) is 0 Å². The third kappa shape index (κ3) is 6.99. The molecule has 8 heteroatoms. The molecule has 0 saturated heterocycles. The van der Waals surface area contributed by atoms with Gasteiger partial charge in [0.2, 0.25) is 5.91 Å². The number of carbonyl (C=O) groups is 3. The number of rotatable bonds is 11.